The first-order valence-corrected chi connectivity index (χ1v) is 4.20. The number of rotatable bonds is 7. The first kappa shape index (κ1) is 11.8. The molecule has 0 aromatic rings. The summed E-state index contributed by atoms with van der Waals surface area (Å²) in [5.41, 5.74) is 0. The molecule has 4 nitrogen and oxygen atoms in total. The standard InChI is InChI=1S/C8H18O4/c1-2-12-6-8(5-11)7(3-9)4-10/h7-11H,2-6H2,1H3. The third-order valence-corrected chi connectivity index (χ3v) is 1.91. The first-order chi connectivity index (χ1) is 5.79. The number of aliphatic hydroxyl groups excluding tert-OH is 3. The summed E-state index contributed by atoms with van der Waals surface area (Å²) in [4.78, 5) is 0. The number of hydrogen-bond acceptors (Lipinski definition) is 4. The molecule has 0 amide bonds. The van der Waals surface area contributed by atoms with Crippen molar-refractivity contribution in [1.82, 2.24) is 0 Å². The van der Waals surface area contributed by atoms with Gasteiger partial charge in [-0.25, -0.2) is 0 Å². The average Bonchev–Trinajstić information content (AvgIpc) is 2.12. The predicted molar refractivity (Wildman–Crippen MR) is 44.7 cm³/mol. The Morgan fingerprint density at radius 2 is 1.50 bits per heavy atom. The second-order valence-corrected chi connectivity index (χ2v) is 2.73. The molecule has 0 saturated carbocycles. The molecular formula is C8H18O4. The summed E-state index contributed by atoms with van der Waals surface area (Å²) in [6.07, 6.45) is 0. The van der Waals surface area contributed by atoms with Gasteiger partial charge in [-0.1, -0.05) is 0 Å². The first-order valence-electron chi connectivity index (χ1n) is 4.20. The monoisotopic (exact) mass is 178 g/mol. The van der Waals surface area contributed by atoms with Gasteiger partial charge in [-0.3, -0.25) is 0 Å². The van der Waals surface area contributed by atoms with E-state index in [1.54, 1.807) is 0 Å². The van der Waals surface area contributed by atoms with Gasteiger partial charge in [0.1, 0.15) is 0 Å². The van der Waals surface area contributed by atoms with Crippen molar-refractivity contribution in [2.75, 3.05) is 33.0 Å². The van der Waals surface area contributed by atoms with Crippen LogP contribution in [0.15, 0.2) is 0 Å². The molecule has 12 heavy (non-hydrogen) atoms. The molecular weight excluding hydrogens is 160 g/mol. The lowest BCUT2D eigenvalue weighted by Crippen LogP contribution is -2.29. The van der Waals surface area contributed by atoms with Gasteiger partial charge in [-0.2, -0.15) is 0 Å². The fourth-order valence-corrected chi connectivity index (χ4v) is 0.963. The Kier molecular flexibility index (Phi) is 7.39. The van der Waals surface area contributed by atoms with E-state index in [1.807, 2.05) is 6.92 Å². The fraction of sp³-hybridized carbons (Fsp3) is 1.00. The van der Waals surface area contributed by atoms with Crippen LogP contribution in [0.4, 0.5) is 0 Å². The summed E-state index contributed by atoms with van der Waals surface area (Å²) in [6, 6.07) is 0. The lowest BCUT2D eigenvalue weighted by Gasteiger charge is -2.21. The van der Waals surface area contributed by atoms with Gasteiger partial charge >= 0.3 is 0 Å². The van der Waals surface area contributed by atoms with E-state index in [9.17, 15) is 0 Å². The van der Waals surface area contributed by atoms with Crippen LogP contribution in [0.2, 0.25) is 0 Å². The van der Waals surface area contributed by atoms with E-state index in [2.05, 4.69) is 0 Å². The van der Waals surface area contributed by atoms with Crippen LogP contribution in [0.1, 0.15) is 6.92 Å². The van der Waals surface area contributed by atoms with Crippen molar-refractivity contribution in [1.29, 1.82) is 0 Å². The van der Waals surface area contributed by atoms with Crippen LogP contribution in [-0.2, 0) is 4.74 Å². The molecule has 0 fully saturated rings. The number of ether oxygens (including phenoxy) is 1. The lowest BCUT2D eigenvalue weighted by atomic mass is 9.95. The molecule has 74 valence electrons. The Bertz CT molecular complexity index is 93.1. The van der Waals surface area contributed by atoms with Gasteiger partial charge in [-0.05, 0) is 6.92 Å². The SMILES string of the molecule is CCOCC(CO)C(CO)CO. The zero-order valence-corrected chi connectivity index (χ0v) is 7.44. The van der Waals surface area contributed by atoms with Gasteiger partial charge in [0.25, 0.3) is 0 Å². The van der Waals surface area contributed by atoms with Crippen molar-refractivity contribution in [3.63, 3.8) is 0 Å². The Morgan fingerprint density at radius 3 is 1.83 bits per heavy atom. The molecule has 0 aliphatic rings. The maximum absolute atomic E-state index is 8.88. The largest absolute Gasteiger partial charge is 0.396 e. The van der Waals surface area contributed by atoms with Gasteiger partial charge in [0.15, 0.2) is 0 Å². The van der Waals surface area contributed by atoms with Gasteiger partial charge in [-0.15, -0.1) is 0 Å². The summed E-state index contributed by atoms with van der Waals surface area (Å²) in [5, 5.41) is 26.5. The summed E-state index contributed by atoms with van der Waals surface area (Å²) < 4.78 is 5.09. The van der Waals surface area contributed by atoms with E-state index in [4.69, 9.17) is 20.1 Å². The molecule has 0 aromatic carbocycles. The van der Waals surface area contributed by atoms with Crippen molar-refractivity contribution in [2.24, 2.45) is 11.8 Å². The minimum Gasteiger partial charge on any atom is -0.396 e. The van der Waals surface area contributed by atoms with Crippen molar-refractivity contribution < 1.29 is 20.1 Å². The molecule has 0 spiro atoms. The maximum atomic E-state index is 8.88. The zero-order chi connectivity index (χ0) is 9.40. The second kappa shape index (κ2) is 7.49. The molecule has 1 atom stereocenters. The molecule has 3 N–H and O–H groups in total. The minimum absolute atomic E-state index is 0.0637. The fourth-order valence-electron chi connectivity index (χ4n) is 0.963. The topological polar surface area (TPSA) is 69.9 Å². The molecule has 0 rings (SSSR count). The molecule has 0 bridgehead atoms. The van der Waals surface area contributed by atoms with Gasteiger partial charge in [0.2, 0.25) is 0 Å². The van der Waals surface area contributed by atoms with Crippen LogP contribution < -0.4 is 0 Å². The van der Waals surface area contributed by atoms with Crippen LogP contribution in [0.3, 0.4) is 0 Å². The highest BCUT2D eigenvalue weighted by molar-refractivity contribution is 4.67. The van der Waals surface area contributed by atoms with E-state index in [0.717, 1.165) is 0 Å². The van der Waals surface area contributed by atoms with E-state index in [0.29, 0.717) is 13.2 Å². The van der Waals surface area contributed by atoms with Crippen molar-refractivity contribution in [3.8, 4) is 0 Å². The molecule has 4 heteroatoms. The minimum atomic E-state index is -0.276. The molecule has 0 saturated heterocycles. The second-order valence-electron chi connectivity index (χ2n) is 2.73. The molecule has 0 aliphatic carbocycles. The highest BCUT2D eigenvalue weighted by Crippen LogP contribution is 2.10. The highest BCUT2D eigenvalue weighted by Gasteiger charge is 2.19. The maximum Gasteiger partial charge on any atom is 0.0520 e. The Hall–Kier alpha value is -0.160. The third kappa shape index (κ3) is 4.01. The number of hydrogen-bond donors (Lipinski definition) is 3. The predicted octanol–water partition coefficient (Wildman–Crippen LogP) is -0.768. The Balaban J connectivity index is 3.75. The molecule has 0 aliphatic heterocycles. The van der Waals surface area contributed by atoms with Gasteiger partial charge in [0, 0.05) is 38.3 Å². The quantitative estimate of drug-likeness (QED) is 0.479. The lowest BCUT2D eigenvalue weighted by molar-refractivity contribution is 0.0137. The molecule has 0 radical (unpaired) electrons. The van der Waals surface area contributed by atoms with Crippen molar-refractivity contribution in [3.05, 3.63) is 0 Å². The molecule has 0 aromatic heterocycles. The van der Waals surface area contributed by atoms with Crippen molar-refractivity contribution >= 4 is 0 Å². The van der Waals surface area contributed by atoms with Crippen molar-refractivity contribution in [2.45, 2.75) is 6.92 Å². The molecule has 1 unspecified atom stereocenters. The summed E-state index contributed by atoms with van der Waals surface area (Å²) in [7, 11) is 0. The van der Waals surface area contributed by atoms with Crippen LogP contribution in [0, 0.1) is 11.8 Å². The zero-order valence-electron chi connectivity index (χ0n) is 7.44. The summed E-state index contributed by atoms with van der Waals surface area (Å²) >= 11 is 0. The van der Waals surface area contributed by atoms with Crippen LogP contribution in [-0.4, -0.2) is 48.4 Å². The van der Waals surface area contributed by atoms with Crippen LogP contribution >= 0.6 is 0 Å². The highest BCUT2D eigenvalue weighted by atomic mass is 16.5. The smallest absolute Gasteiger partial charge is 0.0520 e. The van der Waals surface area contributed by atoms with E-state index < -0.39 is 0 Å². The Labute approximate surface area is 72.8 Å². The average molecular weight is 178 g/mol. The molecule has 0 heterocycles. The third-order valence-electron chi connectivity index (χ3n) is 1.91. The van der Waals surface area contributed by atoms with E-state index >= 15 is 0 Å². The number of aliphatic hydroxyl groups is 3. The van der Waals surface area contributed by atoms with E-state index in [1.165, 1.54) is 0 Å². The summed E-state index contributed by atoms with van der Waals surface area (Å²) in [5.74, 6) is -0.443. The summed E-state index contributed by atoms with van der Waals surface area (Å²) in [6.45, 7) is 2.54. The van der Waals surface area contributed by atoms with E-state index in [-0.39, 0.29) is 31.7 Å². The van der Waals surface area contributed by atoms with Gasteiger partial charge in [0.05, 0.1) is 6.61 Å². The van der Waals surface area contributed by atoms with Gasteiger partial charge < -0.3 is 20.1 Å². The normalized spacial score (nSPS) is 13.8. The van der Waals surface area contributed by atoms with Crippen LogP contribution in [0.5, 0.6) is 0 Å². The van der Waals surface area contributed by atoms with Crippen LogP contribution in [0.25, 0.3) is 0 Å². The Morgan fingerprint density at radius 1 is 1.00 bits per heavy atom.